The Morgan fingerprint density at radius 2 is 1.69 bits per heavy atom. The first-order valence-electron chi connectivity index (χ1n) is 8.03. The van der Waals surface area contributed by atoms with Crippen molar-refractivity contribution < 1.29 is 14.0 Å². The second-order valence-electron chi connectivity index (χ2n) is 5.50. The Labute approximate surface area is 150 Å². The van der Waals surface area contributed by atoms with Crippen molar-refractivity contribution in [3.63, 3.8) is 0 Å². The van der Waals surface area contributed by atoms with Crippen LogP contribution < -0.4 is 16.4 Å². The van der Waals surface area contributed by atoms with E-state index >= 15 is 0 Å². The number of oxazole rings is 1. The molecular formula is C19H18N4O3. The first kappa shape index (κ1) is 17.4. The molecule has 3 rings (SSSR count). The Hall–Kier alpha value is -3.45. The molecule has 0 aliphatic rings. The Morgan fingerprint density at radius 3 is 2.35 bits per heavy atom. The number of rotatable bonds is 6. The Kier molecular flexibility index (Phi) is 5.40. The van der Waals surface area contributed by atoms with Gasteiger partial charge in [-0.2, -0.15) is 0 Å². The SMILES string of the molecule is NCc1nc(C(=O)NCC(=O)Nc2ccc(-c3ccccc3)cc2)co1. The van der Waals surface area contributed by atoms with Crippen LogP contribution in [0.2, 0.25) is 0 Å². The van der Waals surface area contributed by atoms with E-state index in [1.165, 1.54) is 6.26 Å². The van der Waals surface area contributed by atoms with Gasteiger partial charge < -0.3 is 20.8 Å². The number of aromatic nitrogens is 1. The van der Waals surface area contributed by atoms with Crippen LogP contribution in [0, 0.1) is 0 Å². The second-order valence-corrected chi connectivity index (χ2v) is 5.50. The number of carbonyl (C=O) groups is 2. The lowest BCUT2D eigenvalue weighted by molar-refractivity contribution is -0.115. The number of amides is 2. The van der Waals surface area contributed by atoms with E-state index in [1.54, 1.807) is 0 Å². The number of benzene rings is 2. The summed E-state index contributed by atoms with van der Waals surface area (Å²) in [6, 6.07) is 17.4. The molecule has 0 saturated carbocycles. The van der Waals surface area contributed by atoms with Crippen LogP contribution in [0.25, 0.3) is 11.1 Å². The zero-order chi connectivity index (χ0) is 18.4. The third kappa shape index (κ3) is 4.34. The smallest absolute Gasteiger partial charge is 0.273 e. The predicted molar refractivity (Wildman–Crippen MR) is 97.2 cm³/mol. The summed E-state index contributed by atoms with van der Waals surface area (Å²) in [7, 11) is 0. The summed E-state index contributed by atoms with van der Waals surface area (Å²) in [6.07, 6.45) is 1.21. The maximum absolute atomic E-state index is 12.0. The Bertz CT molecular complexity index is 889. The summed E-state index contributed by atoms with van der Waals surface area (Å²) in [4.78, 5) is 27.7. The molecular weight excluding hydrogens is 332 g/mol. The summed E-state index contributed by atoms with van der Waals surface area (Å²) in [5.74, 6) is -0.575. The average Bonchev–Trinajstić information content (AvgIpc) is 3.17. The monoisotopic (exact) mass is 350 g/mol. The van der Waals surface area contributed by atoms with Crippen LogP contribution in [0.15, 0.2) is 65.3 Å². The minimum atomic E-state index is -0.497. The third-order valence-electron chi connectivity index (χ3n) is 3.64. The highest BCUT2D eigenvalue weighted by Gasteiger charge is 2.12. The maximum Gasteiger partial charge on any atom is 0.273 e. The molecule has 0 atom stereocenters. The number of nitrogens with one attached hydrogen (secondary N) is 2. The maximum atomic E-state index is 12.0. The van der Waals surface area contributed by atoms with E-state index in [-0.39, 0.29) is 30.6 Å². The van der Waals surface area contributed by atoms with Gasteiger partial charge in [-0.3, -0.25) is 9.59 Å². The van der Waals surface area contributed by atoms with Crippen LogP contribution in [-0.4, -0.2) is 23.3 Å². The van der Waals surface area contributed by atoms with Gasteiger partial charge in [-0.15, -0.1) is 0 Å². The molecule has 3 aromatic rings. The fourth-order valence-electron chi connectivity index (χ4n) is 2.34. The Balaban J connectivity index is 1.52. The molecule has 0 aliphatic heterocycles. The number of anilines is 1. The summed E-state index contributed by atoms with van der Waals surface area (Å²) in [5.41, 5.74) is 8.26. The fraction of sp³-hybridized carbons (Fsp3) is 0.105. The quantitative estimate of drug-likeness (QED) is 0.631. The number of hydrogen-bond donors (Lipinski definition) is 3. The van der Waals surface area contributed by atoms with Crippen LogP contribution in [0.4, 0.5) is 5.69 Å². The number of nitrogens with two attached hydrogens (primary N) is 1. The molecule has 132 valence electrons. The van der Waals surface area contributed by atoms with Crippen molar-refractivity contribution >= 4 is 17.5 Å². The topological polar surface area (TPSA) is 110 Å². The molecule has 0 saturated heterocycles. The summed E-state index contributed by atoms with van der Waals surface area (Å²) in [5, 5.41) is 5.21. The van der Waals surface area contributed by atoms with E-state index in [0.717, 1.165) is 11.1 Å². The Morgan fingerprint density at radius 1 is 1.00 bits per heavy atom. The summed E-state index contributed by atoms with van der Waals surface area (Å²) >= 11 is 0. The van der Waals surface area contributed by atoms with E-state index in [4.69, 9.17) is 10.2 Å². The van der Waals surface area contributed by atoms with E-state index < -0.39 is 5.91 Å². The standard InChI is InChI=1S/C19H18N4O3/c20-10-18-23-16(12-26-18)19(25)21-11-17(24)22-15-8-6-14(7-9-15)13-4-2-1-3-5-13/h1-9,12H,10-11,20H2,(H,21,25)(H,22,24). The minimum Gasteiger partial charge on any atom is -0.447 e. The zero-order valence-corrected chi connectivity index (χ0v) is 13.9. The molecule has 4 N–H and O–H groups in total. The highest BCUT2D eigenvalue weighted by atomic mass is 16.3. The molecule has 2 amide bonds. The van der Waals surface area contributed by atoms with E-state index in [1.807, 2.05) is 54.6 Å². The van der Waals surface area contributed by atoms with Crippen molar-refractivity contribution in [1.82, 2.24) is 10.3 Å². The van der Waals surface area contributed by atoms with E-state index in [9.17, 15) is 9.59 Å². The largest absolute Gasteiger partial charge is 0.447 e. The predicted octanol–water partition coefficient (Wildman–Crippen LogP) is 2.17. The lowest BCUT2D eigenvalue weighted by Gasteiger charge is -2.07. The van der Waals surface area contributed by atoms with Crippen molar-refractivity contribution in [1.29, 1.82) is 0 Å². The highest BCUT2D eigenvalue weighted by Crippen LogP contribution is 2.20. The molecule has 1 heterocycles. The van der Waals surface area contributed by atoms with Crippen molar-refractivity contribution in [2.24, 2.45) is 5.73 Å². The number of carbonyl (C=O) groups excluding carboxylic acids is 2. The number of hydrogen-bond acceptors (Lipinski definition) is 5. The third-order valence-corrected chi connectivity index (χ3v) is 3.64. The van der Waals surface area contributed by atoms with Crippen LogP contribution in [0.1, 0.15) is 16.4 Å². The van der Waals surface area contributed by atoms with Gasteiger partial charge in [-0.05, 0) is 23.3 Å². The van der Waals surface area contributed by atoms with Gasteiger partial charge >= 0.3 is 0 Å². The molecule has 0 radical (unpaired) electrons. The minimum absolute atomic E-state index is 0.0884. The van der Waals surface area contributed by atoms with Crippen molar-refractivity contribution in [3.8, 4) is 11.1 Å². The van der Waals surface area contributed by atoms with E-state index in [2.05, 4.69) is 15.6 Å². The van der Waals surface area contributed by atoms with E-state index in [0.29, 0.717) is 5.69 Å². The van der Waals surface area contributed by atoms with Crippen LogP contribution in [0.5, 0.6) is 0 Å². The molecule has 0 bridgehead atoms. The van der Waals surface area contributed by atoms with Crippen LogP contribution in [-0.2, 0) is 11.3 Å². The molecule has 1 aromatic heterocycles. The normalized spacial score (nSPS) is 10.3. The van der Waals surface area contributed by atoms with Gasteiger partial charge in [0.05, 0.1) is 13.1 Å². The van der Waals surface area contributed by atoms with Gasteiger partial charge in [0.25, 0.3) is 5.91 Å². The highest BCUT2D eigenvalue weighted by molar-refractivity contribution is 5.98. The number of nitrogens with zero attached hydrogens (tertiary/aromatic N) is 1. The van der Waals surface area contributed by atoms with Crippen molar-refractivity contribution in [2.75, 3.05) is 11.9 Å². The average molecular weight is 350 g/mol. The molecule has 7 nitrogen and oxygen atoms in total. The van der Waals surface area contributed by atoms with Crippen molar-refractivity contribution in [2.45, 2.75) is 6.54 Å². The van der Waals surface area contributed by atoms with Crippen LogP contribution >= 0.6 is 0 Å². The first-order valence-corrected chi connectivity index (χ1v) is 8.03. The van der Waals surface area contributed by atoms with Gasteiger partial charge in [0.15, 0.2) is 5.69 Å². The summed E-state index contributed by atoms with van der Waals surface area (Å²) in [6.45, 7) is -0.0726. The lowest BCUT2D eigenvalue weighted by atomic mass is 10.1. The molecule has 0 unspecified atom stereocenters. The van der Waals surface area contributed by atoms with Crippen molar-refractivity contribution in [3.05, 3.63) is 72.4 Å². The fourth-order valence-corrected chi connectivity index (χ4v) is 2.34. The molecule has 0 aliphatic carbocycles. The summed E-state index contributed by atoms with van der Waals surface area (Å²) < 4.78 is 4.99. The zero-order valence-electron chi connectivity index (χ0n) is 13.9. The molecule has 7 heteroatoms. The first-order chi connectivity index (χ1) is 12.7. The molecule has 2 aromatic carbocycles. The van der Waals surface area contributed by atoms with Gasteiger partial charge in [-0.25, -0.2) is 4.98 Å². The van der Waals surface area contributed by atoms with Crippen LogP contribution in [0.3, 0.4) is 0 Å². The lowest BCUT2D eigenvalue weighted by Crippen LogP contribution is -2.33. The van der Waals surface area contributed by atoms with Gasteiger partial charge in [0, 0.05) is 5.69 Å². The molecule has 0 fully saturated rings. The van der Waals surface area contributed by atoms with Gasteiger partial charge in [0.2, 0.25) is 11.8 Å². The second kappa shape index (κ2) is 8.09. The van der Waals surface area contributed by atoms with Gasteiger partial charge in [-0.1, -0.05) is 42.5 Å². The van der Waals surface area contributed by atoms with Gasteiger partial charge in [0.1, 0.15) is 6.26 Å². The molecule has 26 heavy (non-hydrogen) atoms. The molecule has 0 spiro atoms.